The molecule has 1 aromatic rings. The second kappa shape index (κ2) is 3.95. The summed E-state index contributed by atoms with van der Waals surface area (Å²) in [6.07, 6.45) is 0. The number of benzene rings is 1. The molecular weight excluding hydrogens is 282 g/mol. The van der Waals surface area contributed by atoms with E-state index >= 15 is 0 Å². The Morgan fingerprint density at radius 3 is 2.45 bits per heavy atom. The summed E-state index contributed by atoms with van der Waals surface area (Å²) in [4.78, 5) is 40.8. The zero-order chi connectivity index (χ0) is 15.8. The van der Waals surface area contributed by atoms with Crippen molar-refractivity contribution in [3.05, 3.63) is 29.8 Å². The molecule has 0 bridgehead atoms. The van der Waals surface area contributed by atoms with Crippen molar-refractivity contribution in [3.63, 3.8) is 0 Å². The number of imide groups is 1. The van der Waals surface area contributed by atoms with Crippen molar-refractivity contribution in [2.45, 2.75) is 18.5 Å². The summed E-state index contributed by atoms with van der Waals surface area (Å²) in [5, 5.41) is 3.29. The standard InChI is InChI=1S/C16H17N3O3/c1-8-11-12(14(21)19(3)13(11)20)16(17-8)9-6-4-5-7-10(9)18(2)15(16)22/h4-8,11-12,17H,1-3H3/t8-,11-,12+,16+/m1/s1. The molecule has 114 valence electrons. The number of rotatable bonds is 0. The quantitative estimate of drug-likeness (QED) is 0.689. The van der Waals surface area contributed by atoms with Crippen LogP contribution in [0.5, 0.6) is 0 Å². The molecule has 22 heavy (non-hydrogen) atoms. The van der Waals surface area contributed by atoms with Gasteiger partial charge >= 0.3 is 0 Å². The van der Waals surface area contributed by atoms with Crippen LogP contribution in [0.3, 0.4) is 0 Å². The van der Waals surface area contributed by atoms with Crippen LogP contribution in [0.25, 0.3) is 0 Å². The van der Waals surface area contributed by atoms with Crippen molar-refractivity contribution in [3.8, 4) is 0 Å². The normalized spacial score (nSPS) is 36.5. The summed E-state index contributed by atoms with van der Waals surface area (Å²) in [5.41, 5.74) is 0.466. The molecule has 6 nitrogen and oxygen atoms in total. The fourth-order valence-electron chi connectivity index (χ4n) is 4.36. The van der Waals surface area contributed by atoms with E-state index in [-0.39, 0.29) is 23.8 Å². The predicted octanol–water partition coefficient (Wildman–Crippen LogP) is 0.0810. The van der Waals surface area contributed by atoms with E-state index in [1.165, 1.54) is 11.9 Å². The topological polar surface area (TPSA) is 69.7 Å². The van der Waals surface area contributed by atoms with Gasteiger partial charge in [0.05, 0.1) is 11.8 Å². The average molecular weight is 299 g/mol. The molecule has 1 aromatic carbocycles. The Hall–Kier alpha value is -2.21. The maximum Gasteiger partial charge on any atom is 0.252 e. The van der Waals surface area contributed by atoms with Crippen molar-refractivity contribution in [2.75, 3.05) is 19.0 Å². The zero-order valence-electron chi connectivity index (χ0n) is 12.7. The summed E-state index contributed by atoms with van der Waals surface area (Å²) >= 11 is 0. The number of fused-ring (bicyclic) bond motifs is 4. The highest BCUT2D eigenvalue weighted by atomic mass is 16.2. The molecule has 1 spiro atoms. The SMILES string of the molecule is C[C@H]1N[C@]2(C(=O)N(C)c3ccccc32)[C@@H]2C(=O)N(C)C(=O)[C@@H]21. The fourth-order valence-corrected chi connectivity index (χ4v) is 4.36. The van der Waals surface area contributed by atoms with Crippen LogP contribution in [-0.4, -0.2) is 42.8 Å². The maximum absolute atomic E-state index is 13.0. The van der Waals surface area contributed by atoms with Gasteiger partial charge in [0.15, 0.2) is 0 Å². The summed E-state index contributed by atoms with van der Waals surface area (Å²) in [7, 11) is 3.21. The summed E-state index contributed by atoms with van der Waals surface area (Å²) < 4.78 is 0. The largest absolute Gasteiger partial charge is 0.313 e. The number of para-hydroxylation sites is 1. The van der Waals surface area contributed by atoms with Crippen LogP contribution in [-0.2, 0) is 19.9 Å². The van der Waals surface area contributed by atoms with E-state index in [0.29, 0.717) is 0 Å². The monoisotopic (exact) mass is 299 g/mol. The Balaban J connectivity index is 1.98. The van der Waals surface area contributed by atoms with E-state index in [2.05, 4.69) is 5.32 Å². The van der Waals surface area contributed by atoms with Crippen LogP contribution in [0.2, 0.25) is 0 Å². The average Bonchev–Trinajstić information content (AvgIpc) is 3.03. The van der Waals surface area contributed by atoms with Crippen molar-refractivity contribution < 1.29 is 14.4 Å². The highest BCUT2D eigenvalue weighted by molar-refractivity contribution is 6.15. The van der Waals surface area contributed by atoms with Gasteiger partial charge in [-0.15, -0.1) is 0 Å². The van der Waals surface area contributed by atoms with Crippen molar-refractivity contribution >= 4 is 23.4 Å². The number of carbonyl (C=O) groups is 3. The Morgan fingerprint density at radius 2 is 1.73 bits per heavy atom. The molecule has 3 aliphatic heterocycles. The Morgan fingerprint density at radius 1 is 1.05 bits per heavy atom. The predicted molar refractivity (Wildman–Crippen MR) is 78.9 cm³/mol. The number of amides is 3. The van der Waals surface area contributed by atoms with Crippen LogP contribution < -0.4 is 10.2 Å². The lowest BCUT2D eigenvalue weighted by atomic mass is 9.76. The molecule has 0 aliphatic carbocycles. The van der Waals surface area contributed by atoms with E-state index < -0.39 is 17.4 Å². The molecule has 4 rings (SSSR count). The van der Waals surface area contributed by atoms with Crippen LogP contribution in [0.1, 0.15) is 12.5 Å². The highest BCUT2D eigenvalue weighted by Gasteiger charge is 2.69. The van der Waals surface area contributed by atoms with Gasteiger partial charge < -0.3 is 4.90 Å². The lowest BCUT2D eigenvalue weighted by Crippen LogP contribution is -2.54. The number of likely N-dealkylation sites (tertiary alicyclic amines) is 1. The molecule has 4 atom stereocenters. The first kappa shape index (κ1) is 13.5. The first-order chi connectivity index (χ1) is 10.4. The van der Waals surface area contributed by atoms with Gasteiger partial charge in [-0.1, -0.05) is 18.2 Å². The zero-order valence-corrected chi connectivity index (χ0v) is 12.7. The molecule has 3 aliphatic rings. The summed E-state index contributed by atoms with van der Waals surface area (Å²) in [6.45, 7) is 1.87. The van der Waals surface area contributed by atoms with Crippen molar-refractivity contribution in [1.29, 1.82) is 0 Å². The fraction of sp³-hybridized carbons (Fsp3) is 0.438. The van der Waals surface area contributed by atoms with E-state index in [0.717, 1.165) is 11.3 Å². The Labute approximate surface area is 128 Å². The lowest BCUT2D eigenvalue weighted by Gasteiger charge is -2.29. The Kier molecular flexibility index (Phi) is 2.42. The van der Waals surface area contributed by atoms with Gasteiger partial charge in [-0.25, -0.2) is 0 Å². The molecule has 3 amide bonds. The molecule has 0 aromatic heterocycles. The van der Waals surface area contributed by atoms with Gasteiger partial charge in [0.1, 0.15) is 5.54 Å². The number of anilines is 1. The van der Waals surface area contributed by atoms with Crippen molar-refractivity contribution in [1.82, 2.24) is 10.2 Å². The van der Waals surface area contributed by atoms with Crippen LogP contribution >= 0.6 is 0 Å². The lowest BCUT2D eigenvalue weighted by molar-refractivity contribution is -0.141. The van der Waals surface area contributed by atoms with E-state index in [4.69, 9.17) is 0 Å². The third kappa shape index (κ3) is 1.23. The van der Waals surface area contributed by atoms with Gasteiger partial charge in [-0.05, 0) is 13.0 Å². The Bertz CT molecular complexity index is 731. The second-order valence-corrected chi connectivity index (χ2v) is 6.36. The molecule has 3 heterocycles. The molecule has 0 radical (unpaired) electrons. The van der Waals surface area contributed by atoms with Gasteiger partial charge in [0, 0.05) is 31.4 Å². The van der Waals surface area contributed by atoms with E-state index in [1.54, 1.807) is 11.9 Å². The van der Waals surface area contributed by atoms with Crippen LogP contribution in [0, 0.1) is 11.8 Å². The third-order valence-corrected chi connectivity index (χ3v) is 5.36. The third-order valence-electron chi connectivity index (χ3n) is 5.36. The second-order valence-electron chi connectivity index (χ2n) is 6.36. The minimum atomic E-state index is -1.12. The number of carbonyl (C=O) groups excluding carboxylic acids is 3. The number of nitrogens with zero attached hydrogens (tertiary/aromatic N) is 2. The molecule has 2 fully saturated rings. The maximum atomic E-state index is 13.0. The van der Waals surface area contributed by atoms with Crippen LogP contribution in [0.15, 0.2) is 24.3 Å². The summed E-state index contributed by atoms with van der Waals surface area (Å²) in [6, 6.07) is 7.24. The molecule has 1 N–H and O–H groups in total. The number of nitrogens with one attached hydrogen (secondary N) is 1. The molecule has 0 saturated carbocycles. The smallest absolute Gasteiger partial charge is 0.252 e. The minimum absolute atomic E-state index is 0.163. The van der Waals surface area contributed by atoms with Gasteiger partial charge in [0.2, 0.25) is 11.8 Å². The van der Waals surface area contributed by atoms with Crippen molar-refractivity contribution in [2.24, 2.45) is 11.8 Å². The first-order valence-corrected chi connectivity index (χ1v) is 7.38. The van der Waals surface area contributed by atoms with Crippen LogP contribution in [0.4, 0.5) is 5.69 Å². The summed E-state index contributed by atoms with van der Waals surface area (Å²) in [5.74, 6) is -1.79. The number of likely N-dealkylation sites (N-methyl/N-ethyl adjacent to an activating group) is 1. The molecule has 0 unspecified atom stereocenters. The molecular formula is C16H17N3O3. The number of hydrogen-bond donors (Lipinski definition) is 1. The number of hydrogen-bond acceptors (Lipinski definition) is 4. The highest BCUT2D eigenvalue weighted by Crippen LogP contribution is 2.53. The van der Waals surface area contributed by atoms with Gasteiger partial charge in [-0.3, -0.25) is 24.6 Å². The van der Waals surface area contributed by atoms with E-state index in [9.17, 15) is 14.4 Å². The van der Waals surface area contributed by atoms with Gasteiger partial charge in [-0.2, -0.15) is 0 Å². The van der Waals surface area contributed by atoms with Gasteiger partial charge in [0.25, 0.3) is 5.91 Å². The molecule has 6 heteroatoms. The first-order valence-electron chi connectivity index (χ1n) is 7.38. The van der Waals surface area contributed by atoms with E-state index in [1.807, 2.05) is 31.2 Å². The molecule has 2 saturated heterocycles. The minimum Gasteiger partial charge on any atom is -0.313 e.